The average Bonchev–Trinajstić information content (AvgIpc) is 2.20. The van der Waals surface area contributed by atoms with E-state index >= 15 is 0 Å². The maximum atomic E-state index is 9.62. The SMILES string of the molecule is CCCCN(C)Cc1cc(Cl)ccc1O.Cl. The fourth-order valence-electron chi connectivity index (χ4n) is 1.48. The minimum atomic E-state index is 0. The minimum absolute atomic E-state index is 0. The Morgan fingerprint density at radius 2 is 2.06 bits per heavy atom. The highest BCUT2D eigenvalue weighted by molar-refractivity contribution is 6.30. The summed E-state index contributed by atoms with van der Waals surface area (Å²) in [5, 5.41) is 10.3. The van der Waals surface area contributed by atoms with E-state index in [1.807, 2.05) is 6.07 Å². The Labute approximate surface area is 109 Å². The van der Waals surface area contributed by atoms with Crippen LogP contribution in [0.25, 0.3) is 0 Å². The first-order valence-electron chi connectivity index (χ1n) is 5.29. The van der Waals surface area contributed by atoms with Gasteiger partial charge in [-0.25, -0.2) is 0 Å². The number of hydrogen-bond acceptors (Lipinski definition) is 2. The van der Waals surface area contributed by atoms with Gasteiger partial charge in [0, 0.05) is 17.1 Å². The van der Waals surface area contributed by atoms with E-state index in [0.717, 1.165) is 18.7 Å². The molecular formula is C12H19Cl2NO. The average molecular weight is 264 g/mol. The minimum Gasteiger partial charge on any atom is -0.508 e. The fourth-order valence-corrected chi connectivity index (χ4v) is 1.67. The van der Waals surface area contributed by atoms with Crippen molar-refractivity contribution in [2.24, 2.45) is 0 Å². The summed E-state index contributed by atoms with van der Waals surface area (Å²) >= 11 is 5.87. The van der Waals surface area contributed by atoms with E-state index in [1.165, 1.54) is 12.8 Å². The molecule has 0 atom stereocenters. The Hall–Kier alpha value is -0.440. The predicted octanol–water partition coefficient (Wildman–Crippen LogP) is 3.70. The van der Waals surface area contributed by atoms with Crippen LogP contribution in [0.3, 0.4) is 0 Å². The van der Waals surface area contributed by atoms with Gasteiger partial charge < -0.3 is 10.0 Å². The van der Waals surface area contributed by atoms with Crippen LogP contribution in [0.4, 0.5) is 0 Å². The molecule has 0 aliphatic carbocycles. The summed E-state index contributed by atoms with van der Waals surface area (Å²) in [7, 11) is 2.05. The van der Waals surface area contributed by atoms with Gasteiger partial charge in [-0.3, -0.25) is 0 Å². The number of rotatable bonds is 5. The number of hydrogen-bond donors (Lipinski definition) is 1. The Morgan fingerprint density at radius 1 is 1.38 bits per heavy atom. The van der Waals surface area contributed by atoms with Gasteiger partial charge in [0.25, 0.3) is 0 Å². The number of unbranched alkanes of at least 4 members (excludes halogenated alkanes) is 1. The second-order valence-electron chi connectivity index (χ2n) is 3.86. The topological polar surface area (TPSA) is 23.5 Å². The number of phenols is 1. The van der Waals surface area contributed by atoms with Gasteiger partial charge in [0.15, 0.2) is 0 Å². The van der Waals surface area contributed by atoms with Gasteiger partial charge in [0.05, 0.1) is 0 Å². The summed E-state index contributed by atoms with van der Waals surface area (Å²) in [5.74, 6) is 0.322. The molecule has 92 valence electrons. The number of nitrogens with zero attached hydrogens (tertiary/aromatic N) is 1. The molecule has 16 heavy (non-hydrogen) atoms. The lowest BCUT2D eigenvalue weighted by molar-refractivity contribution is 0.314. The van der Waals surface area contributed by atoms with Gasteiger partial charge in [0.1, 0.15) is 5.75 Å². The number of halogens is 2. The molecule has 1 aromatic rings. The largest absolute Gasteiger partial charge is 0.508 e. The molecule has 0 amide bonds. The van der Waals surface area contributed by atoms with Crippen molar-refractivity contribution >= 4 is 24.0 Å². The molecule has 2 nitrogen and oxygen atoms in total. The van der Waals surface area contributed by atoms with Crippen molar-refractivity contribution < 1.29 is 5.11 Å². The third-order valence-electron chi connectivity index (χ3n) is 2.38. The molecule has 0 heterocycles. The zero-order chi connectivity index (χ0) is 11.3. The molecule has 1 rings (SSSR count). The highest BCUT2D eigenvalue weighted by Crippen LogP contribution is 2.22. The molecule has 0 unspecified atom stereocenters. The Kier molecular flexibility index (Phi) is 7.56. The second kappa shape index (κ2) is 7.77. The van der Waals surface area contributed by atoms with Crippen LogP contribution < -0.4 is 0 Å². The van der Waals surface area contributed by atoms with E-state index in [2.05, 4.69) is 18.9 Å². The third kappa shape index (κ3) is 5.06. The van der Waals surface area contributed by atoms with E-state index in [1.54, 1.807) is 12.1 Å². The summed E-state index contributed by atoms with van der Waals surface area (Å²) in [6.07, 6.45) is 2.36. The van der Waals surface area contributed by atoms with Gasteiger partial charge in [0.2, 0.25) is 0 Å². The van der Waals surface area contributed by atoms with Crippen LogP contribution in [0.2, 0.25) is 5.02 Å². The Balaban J connectivity index is 0.00000225. The van der Waals surface area contributed by atoms with Crippen molar-refractivity contribution in [3.05, 3.63) is 28.8 Å². The molecule has 4 heteroatoms. The molecule has 1 N–H and O–H groups in total. The first-order chi connectivity index (χ1) is 7.13. The molecule has 0 saturated carbocycles. The zero-order valence-electron chi connectivity index (χ0n) is 9.74. The zero-order valence-corrected chi connectivity index (χ0v) is 11.3. The first-order valence-corrected chi connectivity index (χ1v) is 5.67. The van der Waals surface area contributed by atoms with Crippen molar-refractivity contribution in [1.29, 1.82) is 0 Å². The van der Waals surface area contributed by atoms with Gasteiger partial charge >= 0.3 is 0 Å². The summed E-state index contributed by atoms with van der Waals surface area (Å²) in [6.45, 7) is 3.96. The molecule has 0 radical (unpaired) electrons. The smallest absolute Gasteiger partial charge is 0.120 e. The molecule has 0 aromatic heterocycles. The van der Waals surface area contributed by atoms with Crippen LogP contribution in [0.1, 0.15) is 25.3 Å². The van der Waals surface area contributed by atoms with Gasteiger partial charge in [-0.2, -0.15) is 0 Å². The van der Waals surface area contributed by atoms with E-state index in [0.29, 0.717) is 10.8 Å². The lowest BCUT2D eigenvalue weighted by atomic mass is 10.2. The normalized spacial score (nSPS) is 10.2. The number of benzene rings is 1. The maximum Gasteiger partial charge on any atom is 0.120 e. The molecule has 0 saturated heterocycles. The monoisotopic (exact) mass is 263 g/mol. The van der Waals surface area contributed by atoms with E-state index in [-0.39, 0.29) is 12.4 Å². The Bertz CT molecular complexity index is 318. The fraction of sp³-hybridized carbons (Fsp3) is 0.500. The van der Waals surface area contributed by atoms with Crippen LogP contribution in [0, 0.1) is 0 Å². The second-order valence-corrected chi connectivity index (χ2v) is 4.30. The van der Waals surface area contributed by atoms with E-state index < -0.39 is 0 Å². The lowest BCUT2D eigenvalue weighted by Gasteiger charge is -2.16. The van der Waals surface area contributed by atoms with Crippen molar-refractivity contribution in [3.63, 3.8) is 0 Å². The third-order valence-corrected chi connectivity index (χ3v) is 2.61. The summed E-state index contributed by atoms with van der Waals surface area (Å²) < 4.78 is 0. The van der Waals surface area contributed by atoms with Gasteiger partial charge in [-0.15, -0.1) is 12.4 Å². The van der Waals surface area contributed by atoms with Gasteiger partial charge in [-0.05, 0) is 38.2 Å². The maximum absolute atomic E-state index is 9.62. The molecule has 0 aliphatic heterocycles. The van der Waals surface area contributed by atoms with Crippen LogP contribution in [-0.2, 0) is 6.54 Å². The summed E-state index contributed by atoms with van der Waals surface area (Å²) in [4.78, 5) is 2.19. The van der Waals surface area contributed by atoms with Crippen LogP contribution in [0.5, 0.6) is 5.75 Å². The van der Waals surface area contributed by atoms with Crippen molar-refractivity contribution in [3.8, 4) is 5.75 Å². The highest BCUT2D eigenvalue weighted by atomic mass is 35.5. The highest BCUT2D eigenvalue weighted by Gasteiger charge is 2.05. The summed E-state index contributed by atoms with van der Waals surface area (Å²) in [6, 6.07) is 5.16. The number of aromatic hydroxyl groups is 1. The number of phenolic OH excluding ortho intramolecular Hbond substituents is 1. The van der Waals surface area contributed by atoms with Gasteiger partial charge in [-0.1, -0.05) is 24.9 Å². The molecule has 0 spiro atoms. The van der Waals surface area contributed by atoms with Crippen molar-refractivity contribution in [2.45, 2.75) is 26.3 Å². The Morgan fingerprint density at radius 3 is 2.69 bits per heavy atom. The van der Waals surface area contributed by atoms with E-state index in [9.17, 15) is 5.11 Å². The summed E-state index contributed by atoms with van der Waals surface area (Å²) in [5.41, 5.74) is 0.890. The van der Waals surface area contributed by atoms with E-state index in [4.69, 9.17) is 11.6 Å². The van der Waals surface area contributed by atoms with Crippen LogP contribution in [0.15, 0.2) is 18.2 Å². The van der Waals surface area contributed by atoms with Crippen molar-refractivity contribution in [1.82, 2.24) is 4.90 Å². The first kappa shape index (κ1) is 15.6. The molecule has 0 fully saturated rings. The standard InChI is InChI=1S/C12H18ClNO.ClH/c1-3-4-7-14(2)9-10-8-11(13)5-6-12(10)15;/h5-6,8,15H,3-4,7,9H2,1-2H3;1H. The molecule has 0 aliphatic rings. The van der Waals surface area contributed by atoms with Crippen LogP contribution >= 0.6 is 24.0 Å². The predicted molar refractivity (Wildman–Crippen MR) is 71.6 cm³/mol. The lowest BCUT2D eigenvalue weighted by Crippen LogP contribution is -2.18. The molecular weight excluding hydrogens is 245 g/mol. The quantitative estimate of drug-likeness (QED) is 0.876. The van der Waals surface area contributed by atoms with Crippen molar-refractivity contribution in [2.75, 3.05) is 13.6 Å². The molecule has 0 bridgehead atoms. The molecule has 1 aromatic carbocycles. The van der Waals surface area contributed by atoms with Crippen LogP contribution in [-0.4, -0.2) is 23.6 Å².